The van der Waals surface area contributed by atoms with Crippen molar-refractivity contribution in [3.8, 4) is 21.9 Å². The molecule has 0 bridgehead atoms. The van der Waals surface area contributed by atoms with Gasteiger partial charge < -0.3 is 10.1 Å². The van der Waals surface area contributed by atoms with Crippen LogP contribution in [0.4, 0.5) is 8.78 Å². The molecule has 0 aliphatic rings. The number of aromatic nitrogens is 1. The van der Waals surface area contributed by atoms with E-state index in [1.54, 1.807) is 36.5 Å². The Morgan fingerprint density at radius 1 is 0.911 bits per heavy atom. The van der Waals surface area contributed by atoms with E-state index in [0.29, 0.717) is 34.8 Å². The Hall–Kier alpha value is -3.90. The van der Waals surface area contributed by atoms with Crippen molar-refractivity contribution in [2.24, 2.45) is 0 Å². The first-order valence-electron chi connectivity index (χ1n) is 14.1. The van der Waals surface area contributed by atoms with E-state index in [9.17, 15) is 17.6 Å². The number of carbonyl (C=O) groups excluding carboxylic acids is 1. The zero-order valence-corrected chi connectivity index (χ0v) is 26.8. The third-order valence-electron chi connectivity index (χ3n) is 6.92. The molecule has 2 aromatic heterocycles. The smallest absolute Gasteiger partial charge is 0.166 e. The lowest BCUT2D eigenvalue weighted by Gasteiger charge is -2.10. The molecule has 0 amide bonds. The minimum absolute atomic E-state index is 0.0623. The van der Waals surface area contributed by atoms with Gasteiger partial charge in [-0.2, -0.15) is 0 Å². The van der Waals surface area contributed by atoms with Crippen molar-refractivity contribution in [2.75, 3.05) is 18.6 Å². The standard InChI is InChI=1S/C34H30F2N2O4S3/c1-45(40,41)15-14-37-21-23-2-7-25(8-3-23)33-20-30-34(44-33)32(12-13-38-30)42-31-11-6-24(18-29(31)36)17-28(43)19-27(39)16-22-4-9-26(35)10-5-22/h2-13,18,20,37H,14-17,19,21H2,1H3. The first-order valence-corrected chi connectivity index (χ1v) is 17.4. The predicted molar refractivity (Wildman–Crippen MR) is 179 cm³/mol. The normalized spacial score (nSPS) is 11.5. The molecule has 0 unspecified atom stereocenters. The van der Waals surface area contributed by atoms with Crippen molar-refractivity contribution in [3.05, 3.63) is 113 Å². The minimum Gasteiger partial charge on any atom is -0.453 e. The Balaban J connectivity index is 1.20. The molecule has 0 atom stereocenters. The maximum absolute atomic E-state index is 15.1. The molecular formula is C34H30F2N2O4S3. The van der Waals surface area contributed by atoms with Crippen LogP contribution in [-0.4, -0.2) is 42.6 Å². The van der Waals surface area contributed by atoms with Gasteiger partial charge in [-0.25, -0.2) is 17.2 Å². The Morgan fingerprint density at radius 3 is 2.33 bits per heavy atom. The van der Waals surface area contributed by atoms with Gasteiger partial charge in [-0.3, -0.25) is 9.78 Å². The quantitative estimate of drug-likeness (QED) is 0.0987. The number of halogens is 2. The molecule has 3 aromatic carbocycles. The van der Waals surface area contributed by atoms with Crippen LogP contribution in [-0.2, 0) is 34.0 Å². The lowest BCUT2D eigenvalue weighted by molar-refractivity contribution is -0.117. The van der Waals surface area contributed by atoms with E-state index in [2.05, 4.69) is 10.3 Å². The largest absolute Gasteiger partial charge is 0.453 e. The molecule has 1 N–H and O–H groups in total. The number of ketones is 1. The van der Waals surface area contributed by atoms with Crippen molar-refractivity contribution < 1.29 is 26.7 Å². The monoisotopic (exact) mass is 664 g/mol. The molecule has 0 aliphatic heterocycles. The Morgan fingerprint density at radius 2 is 1.62 bits per heavy atom. The van der Waals surface area contributed by atoms with Gasteiger partial charge in [0.1, 0.15) is 27.2 Å². The van der Waals surface area contributed by atoms with E-state index in [1.165, 1.54) is 35.8 Å². The van der Waals surface area contributed by atoms with Gasteiger partial charge in [-0.15, -0.1) is 11.3 Å². The molecule has 0 fully saturated rings. The first-order chi connectivity index (χ1) is 21.5. The maximum Gasteiger partial charge on any atom is 0.166 e. The van der Waals surface area contributed by atoms with E-state index in [0.717, 1.165) is 26.2 Å². The maximum atomic E-state index is 15.1. The van der Waals surface area contributed by atoms with E-state index in [1.807, 2.05) is 30.3 Å². The summed E-state index contributed by atoms with van der Waals surface area (Å²) in [4.78, 5) is 18.3. The first kappa shape index (κ1) is 32.5. The van der Waals surface area contributed by atoms with Gasteiger partial charge in [-0.05, 0) is 52.6 Å². The van der Waals surface area contributed by atoms with Crippen molar-refractivity contribution >= 4 is 54.3 Å². The lowest BCUT2D eigenvalue weighted by Crippen LogP contribution is -2.21. The predicted octanol–water partition coefficient (Wildman–Crippen LogP) is 7.28. The zero-order chi connectivity index (χ0) is 32.0. The van der Waals surface area contributed by atoms with E-state index in [-0.39, 0.29) is 42.4 Å². The van der Waals surface area contributed by atoms with Crippen molar-refractivity contribution in [1.82, 2.24) is 10.3 Å². The zero-order valence-electron chi connectivity index (χ0n) is 24.4. The number of thiophene rings is 1. The minimum atomic E-state index is -3.00. The number of rotatable bonds is 14. The van der Waals surface area contributed by atoms with Crippen molar-refractivity contribution in [1.29, 1.82) is 0 Å². The number of benzene rings is 3. The van der Waals surface area contributed by atoms with Gasteiger partial charge in [0.15, 0.2) is 11.6 Å². The molecule has 6 nitrogen and oxygen atoms in total. The van der Waals surface area contributed by atoms with Gasteiger partial charge in [0.05, 0.1) is 16.0 Å². The number of sulfone groups is 1. The van der Waals surface area contributed by atoms with Crippen LogP contribution in [0.15, 0.2) is 85.1 Å². The summed E-state index contributed by atoms with van der Waals surface area (Å²) in [5.41, 5.74) is 4.10. The summed E-state index contributed by atoms with van der Waals surface area (Å²) in [6.45, 7) is 0.955. The number of fused-ring (bicyclic) bond motifs is 1. The molecule has 232 valence electrons. The number of carbonyl (C=O) groups is 1. The highest BCUT2D eigenvalue weighted by molar-refractivity contribution is 7.90. The highest BCUT2D eigenvalue weighted by Gasteiger charge is 2.15. The number of pyridine rings is 1. The summed E-state index contributed by atoms with van der Waals surface area (Å²) in [6, 6.07) is 22.0. The number of hydrogen-bond acceptors (Lipinski definition) is 8. The third-order valence-corrected chi connectivity index (χ3v) is 9.34. The summed E-state index contributed by atoms with van der Waals surface area (Å²) in [6.07, 6.45) is 3.34. The number of Topliss-reactive ketones (excluding diaryl/α,β-unsaturated/α-hetero) is 1. The second-order valence-electron chi connectivity index (χ2n) is 10.7. The molecule has 11 heteroatoms. The number of nitrogens with zero attached hydrogens (tertiary/aromatic N) is 1. The van der Waals surface area contributed by atoms with Gasteiger partial charge >= 0.3 is 0 Å². The summed E-state index contributed by atoms with van der Waals surface area (Å²) in [5, 5.41) is 3.14. The van der Waals surface area contributed by atoms with Crippen LogP contribution < -0.4 is 10.1 Å². The Bertz CT molecular complexity index is 1940. The van der Waals surface area contributed by atoms with Gasteiger partial charge in [0.25, 0.3) is 0 Å². The second-order valence-corrected chi connectivity index (χ2v) is 14.6. The fourth-order valence-corrected chi connectivity index (χ4v) is 6.59. The number of ether oxygens (including phenoxy) is 1. The highest BCUT2D eigenvalue weighted by Crippen LogP contribution is 2.39. The highest BCUT2D eigenvalue weighted by atomic mass is 32.2. The molecule has 0 saturated carbocycles. The summed E-state index contributed by atoms with van der Waals surface area (Å²) in [7, 11) is -3.00. The molecule has 45 heavy (non-hydrogen) atoms. The third kappa shape index (κ3) is 9.30. The van der Waals surface area contributed by atoms with Crippen LogP contribution in [0.25, 0.3) is 20.7 Å². The molecular weight excluding hydrogens is 635 g/mol. The van der Waals surface area contributed by atoms with Crippen LogP contribution in [0, 0.1) is 11.6 Å². The Kier molecular flexibility index (Phi) is 10.4. The number of thiocarbonyl (C=S) groups is 1. The molecule has 0 saturated heterocycles. The molecule has 5 aromatic rings. The Labute approximate surface area is 270 Å². The van der Waals surface area contributed by atoms with Crippen LogP contribution in [0.2, 0.25) is 0 Å². The van der Waals surface area contributed by atoms with Gasteiger partial charge in [-0.1, -0.05) is 54.7 Å². The number of nitrogens with one attached hydrogen (secondary N) is 1. The van der Waals surface area contributed by atoms with Crippen LogP contribution in [0.1, 0.15) is 23.1 Å². The molecule has 0 spiro atoms. The summed E-state index contributed by atoms with van der Waals surface area (Å²) >= 11 is 6.90. The molecule has 2 heterocycles. The van der Waals surface area contributed by atoms with Crippen LogP contribution in [0.5, 0.6) is 11.5 Å². The van der Waals surface area contributed by atoms with Gasteiger partial charge in [0, 0.05) is 60.6 Å². The average molecular weight is 665 g/mol. The fraction of sp³-hybridized carbons (Fsp3) is 0.206. The van der Waals surface area contributed by atoms with E-state index < -0.39 is 15.7 Å². The van der Waals surface area contributed by atoms with Crippen LogP contribution >= 0.6 is 23.6 Å². The molecule has 0 radical (unpaired) electrons. The number of hydrogen-bond donors (Lipinski definition) is 1. The lowest BCUT2D eigenvalue weighted by atomic mass is 10.0. The summed E-state index contributed by atoms with van der Waals surface area (Å²) < 4.78 is 57.6. The molecule has 0 aliphatic carbocycles. The topological polar surface area (TPSA) is 85.4 Å². The second kappa shape index (κ2) is 14.5. The van der Waals surface area contributed by atoms with Crippen molar-refractivity contribution in [3.63, 3.8) is 0 Å². The van der Waals surface area contributed by atoms with E-state index >= 15 is 4.39 Å². The molecule has 5 rings (SSSR count). The SMILES string of the molecule is CS(=O)(=O)CCNCc1ccc(-c2cc3nccc(Oc4ccc(CC(=S)CC(=O)Cc5ccc(F)cc5)cc4F)c3s2)cc1. The average Bonchev–Trinajstić information content (AvgIpc) is 3.43. The summed E-state index contributed by atoms with van der Waals surface area (Å²) in [5.74, 6) is -0.351. The van der Waals surface area contributed by atoms with Crippen molar-refractivity contribution in [2.45, 2.75) is 25.8 Å². The van der Waals surface area contributed by atoms with Gasteiger partial charge in [0.2, 0.25) is 0 Å². The van der Waals surface area contributed by atoms with Crippen LogP contribution in [0.3, 0.4) is 0 Å². The van der Waals surface area contributed by atoms with E-state index in [4.69, 9.17) is 17.0 Å². The fourth-order valence-electron chi connectivity index (χ4n) is 4.67.